The number of carbonyl (C=O) groups is 3. The van der Waals surface area contributed by atoms with Crippen molar-refractivity contribution in [1.82, 2.24) is 10.6 Å². The van der Waals surface area contributed by atoms with Gasteiger partial charge in [-0.05, 0) is 105 Å². The Hall–Kier alpha value is -1.43. The van der Waals surface area contributed by atoms with Gasteiger partial charge in [-0.3, -0.25) is 14.4 Å². The van der Waals surface area contributed by atoms with E-state index in [4.69, 9.17) is 4.74 Å². The van der Waals surface area contributed by atoms with E-state index in [0.717, 1.165) is 38.6 Å². The van der Waals surface area contributed by atoms with E-state index >= 15 is 0 Å². The number of fused-ring (bicyclic) bond motifs is 5. The quantitative estimate of drug-likeness (QED) is 0.519. The van der Waals surface area contributed by atoms with Crippen molar-refractivity contribution in [3.8, 4) is 0 Å². The molecule has 6 heteroatoms. The molecule has 1 amide bonds. The van der Waals surface area contributed by atoms with Crippen molar-refractivity contribution in [3.63, 3.8) is 0 Å². The third-order valence-electron chi connectivity index (χ3n) is 11.9. The second-order valence-corrected chi connectivity index (χ2v) is 13.4. The molecule has 202 valence electrons. The summed E-state index contributed by atoms with van der Waals surface area (Å²) in [6.45, 7) is 7.78. The number of hydrogen-bond acceptors (Lipinski definition) is 5. The lowest BCUT2D eigenvalue weighted by atomic mass is 9.43. The average Bonchev–Trinajstić information content (AvgIpc) is 3.53. The first-order valence-corrected chi connectivity index (χ1v) is 14.9. The van der Waals surface area contributed by atoms with Crippen LogP contribution in [0.5, 0.6) is 0 Å². The zero-order valence-electron chi connectivity index (χ0n) is 22.9. The third kappa shape index (κ3) is 4.14. The molecule has 5 unspecified atom stereocenters. The van der Waals surface area contributed by atoms with Crippen LogP contribution >= 0.6 is 0 Å². The van der Waals surface area contributed by atoms with Crippen LogP contribution < -0.4 is 10.6 Å². The molecule has 5 aliphatic rings. The van der Waals surface area contributed by atoms with Crippen LogP contribution in [0.25, 0.3) is 0 Å². The summed E-state index contributed by atoms with van der Waals surface area (Å²) in [5, 5.41) is 6.75. The number of nitrogens with one attached hydrogen (secondary N) is 2. The Morgan fingerprint density at radius 2 is 1.89 bits per heavy atom. The van der Waals surface area contributed by atoms with Gasteiger partial charge in [-0.15, -0.1) is 0 Å². The molecule has 10 atom stereocenters. The molecule has 1 saturated heterocycles. The Morgan fingerprint density at radius 3 is 2.61 bits per heavy atom. The molecule has 4 saturated carbocycles. The van der Waals surface area contributed by atoms with Crippen molar-refractivity contribution in [2.75, 3.05) is 13.7 Å². The molecule has 1 aliphatic heterocycles. The zero-order chi connectivity index (χ0) is 25.7. The summed E-state index contributed by atoms with van der Waals surface area (Å²) in [6, 6.07) is -0.552. The third-order valence-corrected chi connectivity index (χ3v) is 11.9. The van der Waals surface area contributed by atoms with Crippen LogP contribution in [0.4, 0.5) is 0 Å². The molecule has 5 rings (SSSR count). The average molecular weight is 501 g/mol. The standard InChI is InChI=1S/C30H48N2O4/c1-18(10-15-24(33)36-4)21-13-14-22-20-12-11-19-8-5-6-16-29(19,2)25(20)26(27(34)30(21,22)3)32-28(35)23-9-7-17-31-23/h18-23,25-26,31H,5-17H2,1-4H3,(H,32,35)/t18-,19+,20?,21?,22?,23?,25?,26+,29+,30-/m1/s1. The van der Waals surface area contributed by atoms with Crippen molar-refractivity contribution >= 4 is 17.7 Å². The minimum atomic E-state index is -0.435. The van der Waals surface area contributed by atoms with E-state index in [1.54, 1.807) is 0 Å². The number of ether oxygens (including phenoxy) is 1. The fourth-order valence-corrected chi connectivity index (χ4v) is 10.1. The summed E-state index contributed by atoms with van der Waals surface area (Å²) in [7, 11) is 1.44. The van der Waals surface area contributed by atoms with Crippen molar-refractivity contribution in [2.45, 2.75) is 110 Å². The highest BCUT2D eigenvalue weighted by Crippen LogP contribution is 2.67. The molecule has 36 heavy (non-hydrogen) atoms. The maximum atomic E-state index is 14.7. The first-order chi connectivity index (χ1) is 17.2. The van der Waals surface area contributed by atoms with Crippen LogP contribution in [0, 0.1) is 46.3 Å². The Kier molecular flexibility index (Phi) is 7.30. The highest BCUT2D eigenvalue weighted by Gasteiger charge is 2.67. The largest absolute Gasteiger partial charge is 0.469 e. The number of ketones is 1. The lowest BCUT2D eigenvalue weighted by Crippen LogP contribution is -2.68. The minimum Gasteiger partial charge on any atom is -0.469 e. The lowest BCUT2D eigenvalue weighted by Gasteiger charge is -2.62. The van der Waals surface area contributed by atoms with Crippen LogP contribution in [-0.4, -0.2) is 43.4 Å². The van der Waals surface area contributed by atoms with Gasteiger partial charge in [0.1, 0.15) is 0 Å². The van der Waals surface area contributed by atoms with E-state index in [0.29, 0.717) is 30.0 Å². The minimum absolute atomic E-state index is 0.0291. The van der Waals surface area contributed by atoms with Gasteiger partial charge in [0.15, 0.2) is 5.78 Å². The van der Waals surface area contributed by atoms with Gasteiger partial charge in [0.2, 0.25) is 5.91 Å². The summed E-state index contributed by atoms with van der Waals surface area (Å²) in [5.74, 6) is 2.47. The highest BCUT2D eigenvalue weighted by molar-refractivity contribution is 5.96. The number of amides is 1. The van der Waals surface area contributed by atoms with Gasteiger partial charge in [0.05, 0.1) is 19.2 Å². The number of hydrogen-bond donors (Lipinski definition) is 2. The SMILES string of the molecule is COC(=O)CC[C@@H](C)C1CCC2C3CC[C@@H]4CCCC[C@]4(C)C3[C@H](NC(=O)C3CCCN3)C(=O)[C@@]21C. The Labute approximate surface area is 217 Å². The lowest BCUT2D eigenvalue weighted by molar-refractivity contribution is -0.166. The van der Waals surface area contributed by atoms with Gasteiger partial charge < -0.3 is 15.4 Å². The van der Waals surface area contributed by atoms with E-state index in [9.17, 15) is 14.4 Å². The second kappa shape index (κ2) is 10.0. The summed E-state index contributed by atoms with van der Waals surface area (Å²) in [5.41, 5.74) is -0.302. The molecule has 0 aromatic rings. The monoisotopic (exact) mass is 500 g/mol. The Balaban J connectivity index is 1.48. The van der Waals surface area contributed by atoms with Crippen LogP contribution in [0.1, 0.15) is 97.8 Å². The topological polar surface area (TPSA) is 84.5 Å². The van der Waals surface area contributed by atoms with Crippen LogP contribution in [0.3, 0.4) is 0 Å². The molecular formula is C30H48N2O4. The number of Topliss-reactive ketones (excluding diaryl/α,β-unsaturated/α-hetero) is 1. The first-order valence-electron chi connectivity index (χ1n) is 14.9. The van der Waals surface area contributed by atoms with Crippen LogP contribution in [0.2, 0.25) is 0 Å². The van der Waals surface area contributed by atoms with Crippen molar-refractivity contribution in [3.05, 3.63) is 0 Å². The van der Waals surface area contributed by atoms with Gasteiger partial charge in [0, 0.05) is 11.8 Å². The van der Waals surface area contributed by atoms with Gasteiger partial charge >= 0.3 is 5.97 Å². The van der Waals surface area contributed by atoms with Crippen molar-refractivity contribution in [1.29, 1.82) is 0 Å². The molecule has 0 aromatic heterocycles. The van der Waals surface area contributed by atoms with Crippen LogP contribution in [0.15, 0.2) is 0 Å². The van der Waals surface area contributed by atoms with Gasteiger partial charge in [-0.25, -0.2) is 0 Å². The van der Waals surface area contributed by atoms with Crippen molar-refractivity contribution in [2.24, 2.45) is 46.3 Å². The molecule has 0 aromatic carbocycles. The van der Waals surface area contributed by atoms with Gasteiger partial charge in [-0.1, -0.05) is 33.6 Å². The second-order valence-electron chi connectivity index (χ2n) is 13.4. The molecule has 2 N–H and O–H groups in total. The molecule has 5 fully saturated rings. The normalized spacial score (nSPS) is 44.8. The first kappa shape index (κ1) is 26.2. The number of carbonyl (C=O) groups excluding carboxylic acids is 3. The summed E-state index contributed by atoms with van der Waals surface area (Å²) >= 11 is 0. The maximum absolute atomic E-state index is 14.7. The summed E-state index contributed by atoms with van der Waals surface area (Å²) < 4.78 is 4.90. The van der Waals surface area contributed by atoms with Gasteiger partial charge in [-0.2, -0.15) is 0 Å². The Bertz CT molecular complexity index is 869. The fraction of sp³-hybridized carbons (Fsp3) is 0.900. The van der Waals surface area contributed by atoms with E-state index in [-0.39, 0.29) is 47.1 Å². The number of rotatable bonds is 6. The summed E-state index contributed by atoms with van der Waals surface area (Å²) in [6.07, 6.45) is 12.6. The number of methoxy groups -OCH3 is 1. The van der Waals surface area contributed by atoms with E-state index in [1.165, 1.54) is 45.6 Å². The molecular weight excluding hydrogens is 452 g/mol. The molecule has 1 heterocycles. The molecule has 0 spiro atoms. The summed E-state index contributed by atoms with van der Waals surface area (Å²) in [4.78, 5) is 40.0. The predicted octanol–water partition coefficient (Wildman–Crippen LogP) is 4.65. The molecule has 6 nitrogen and oxygen atoms in total. The van der Waals surface area contributed by atoms with E-state index in [1.807, 2.05) is 0 Å². The molecule has 0 bridgehead atoms. The van der Waals surface area contributed by atoms with E-state index < -0.39 is 5.41 Å². The predicted molar refractivity (Wildman–Crippen MR) is 139 cm³/mol. The zero-order valence-corrected chi connectivity index (χ0v) is 22.9. The van der Waals surface area contributed by atoms with Gasteiger partial charge in [0.25, 0.3) is 0 Å². The van der Waals surface area contributed by atoms with Crippen molar-refractivity contribution < 1.29 is 19.1 Å². The van der Waals surface area contributed by atoms with E-state index in [2.05, 4.69) is 31.4 Å². The highest BCUT2D eigenvalue weighted by atomic mass is 16.5. The Morgan fingerprint density at radius 1 is 1.08 bits per heavy atom. The molecule has 0 radical (unpaired) electrons. The number of esters is 1. The molecule has 4 aliphatic carbocycles. The fourth-order valence-electron chi connectivity index (χ4n) is 10.1. The maximum Gasteiger partial charge on any atom is 0.305 e. The van der Waals surface area contributed by atoms with Crippen LogP contribution in [-0.2, 0) is 19.1 Å². The smallest absolute Gasteiger partial charge is 0.305 e.